The molecular formula is C15H26N2O3. The van der Waals surface area contributed by atoms with Crippen molar-refractivity contribution in [2.75, 3.05) is 19.6 Å². The van der Waals surface area contributed by atoms with Gasteiger partial charge in [-0.05, 0) is 34.6 Å². The van der Waals surface area contributed by atoms with Crippen molar-refractivity contribution >= 4 is 11.8 Å². The van der Waals surface area contributed by atoms with Crippen molar-refractivity contribution < 1.29 is 14.3 Å². The number of amides is 2. The largest absolute Gasteiger partial charge is 0.372 e. The minimum absolute atomic E-state index is 0.0681. The number of carbonyl (C=O) groups excluding carboxylic acids is 2. The van der Waals surface area contributed by atoms with Crippen LogP contribution in [0.2, 0.25) is 0 Å². The molecule has 2 fully saturated rings. The summed E-state index contributed by atoms with van der Waals surface area (Å²) in [6.07, 6.45) is 0.480. The van der Waals surface area contributed by atoms with Crippen LogP contribution in [0.4, 0.5) is 0 Å². The first-order chi connectivity index (χ1) is 9.18. The molecule has 0 saturated carbocycles. The third-order valence-electron chi connectivity index (χ3n) is 4.02. The Hall–Kier alpha value is -1.10. The van der Waals surface area contributed by atoms with Crippen LogP contribution in [-0.2, 0) is 14.3 Å². The molecule has 0 spiro atoms. The van der Waals surface area contributed by atoms with E-state index in [4.69, 9.17) is 4.74 Å². The van der Waals surface area contributed by atoms with Crippen molar-refractivity contribution in [3.63, 3.8) is 0 Å². The highest BCUT2D eigenvalue weighted by molar-refractivity contribution is 5.89. The second-order valence-corrected chi connectivity index (χ2v) is 7.08. The number of rotatable bonds is 1. The lowest BCUT2D eigenvalue weighted by molar-refractivity contribution is -0.147. The van der Waals surface area contributed by atoms with Gasteiger partial charge in [0.15, 0.2) is 0 Å². The second-order valence-electron chi connectivity index (χ2n) is 7.08. The van der Waals surface area contributed by atoms with Crippen LogP contribution in [0.5, 0.6) is 0 Å². The fraction of sp³-hybridized carbons (Fsp3) is 0.867. The Morgan fingerprint density at radius 1 is 1.15 bits per heavy atom. The van der Waals surface area contributed by atoms with Gasteiger partial charge in [-0.15, -0.1) is 0 Å². The van der Waals surface area contributed by atoms with Crippen molar-refractivity contribution in [2.24, 2.45) is 5.92 Å². The van der Waals surface area contributed by atoms with E-state index < -0.39 is 0 Å². The van der Waals surface area contributed by atoms with E-state index >= 15 is 0 Å². The van der Waals surface area contributed by atoms with Gasteiger partial charge in [-0.1, -0.05) is 0 Å². The van der Waals surface area contributed by atoms with Crippen molar-refractivity contribution in [3.05, 3.63) is 0 Å². The number of morpholine rings is 1. The molecule has 2 rings (SSSR count). The highest BCUT2D eigenvalue weighted by atomic mass is 16.5. The van der Waals surface area contributed by atoms with Crippen molar-refractivity contribution in [2.45, 2.75) is 58.8 Å². The lowest BCUT2D eigenvalue weighted by Crippen LogP contribution is -2.50. The molecule has 2 aliphatic rings. The van der Waals surface area contributed by atoms with E-state index in [0.717, 1.165) is 0 Å². The molecule has 0 aromatic rings. The minimum Gasteiger partial charge on any atom is -0.372 e. The fourth-order valence-corrected chi connectivity index (χ4v) is 3.14. The number of carbonyl (C=O) groups is 2. The van der Waals surface area contributed by atoms with Crippen LogP contribution in [0.15, 0.2) is 0 Å². The van der Waals surface area contributed by atoms with Crippen molar-refractivity contribution in [1.82, 2.24) is 9.80 Å². The molecular weight excluding hydrogens is 256 g/mol. The van der Waals surface area contributed by atoms with E-state index in [0.29, 0.717) is 26.1 Å². The zero-order valence-electron chi connectivity index (χ0n) is 13.2. The topological polar surface area (TPSA) is 49.9 Å². The van der Waals surface area contributed by atoms with Gasteiger partial charge in [0, 0.05) is 31.6 Å². The van der Waals surface area contributed by atoms with Crippen LogP contribution in [0.1, 0.15) is 41.0 Å². The average Bonchev–Trinajstić information content (AvgIpc) is 2.68. The summed E-state index contributed by atoms with van der Waals surface area (Å²) in [7, 11) is 0. The monoisotopic (exact) mass is 282 g/mol. The standard InChI is InChI=1S/C15H26N2O3/c1-10-7-16(8-11(2)20-10)14(19)12-6-13(18)17(9-12)15(3,4)5/h10-12H,6-9H2,1-5H3/t10-,11+,12-/m1/s1. The summed E-state index contributed by atoms with van der Waals surface area (Å²) in [5.41, 5.74) is -0.211. The molecule has 0 aromatic carbocycles. The average molecular weight is 282 g/mol. The van der Waals surface area contributed by atoms with Gasteiger partial charge in [-0.2, -0.15) is 0 Å². The molecule has 2 heterocycles. The maximum atomic E-state index is 12.6. The van der Waals surface area contributed by atoms with Gasteiger partial charge in [0.2, 0.25) is 11.8 Å². The number of hydrogen-bond donors (Lipinski definition) is 0. The van der Waals surface area contributed by atoms with E-state index in [9.17, 15) is 9.59 Å². The fourth-order valence-electron chi connectivity index (χ4n) is 3.14. The van der Waals surface area contributed by atoms with Crippen LogP contribution >= 0.6 is 0 Å². The van der Waals surface area contributed by atoms with Gasteiger partial charge < -0.3 is 14.5 Å². The third kappa shape index (κ3) is 3.14. The predicted molar refractivity (Wildman–Crippen MR) is 76.2 cm³/mol. The summed E-state index contributed by atoms with van der Waals surface area (Å²) in [5.74, 6) is -0.00321. The SMILES string of the molecule is C[C@@H]1CN(C(=O)[C@@H]2CC(=O)N(C(C)(C)C)C2)C[C@H](C)O1. The van der Waals surface area contributed by atoms with E-state index in [1.807, 2.05) is 44.4 Å². The summed E-state index contributed by atoms with van der Waals surface area (Å²) in [6.45, 7) is 11.8. The maximum absolute atomic E-state index is 12.6. The number of ether oxygens (including phenoxy) is 1. The predicted octanol–water partition coefficient (Wildman–Crippen LogP) is 1.27. The molecule has 2 saturated heterocycles. The Morgan fingerprint density at radius 3 is 2.15 bits per heavy atom. The smallest absolute Gasteiger partial charge is 0.228 e. The number of hydrogen-bond acceptors (Lipinski definition) is 3. The zero-order chi connectivity index (χ0) is 15.1. The highest BCUT2D eigenvalue weighted by Crippen LogP contribution is 2.27. The quantitative estimate of drug-likeness (QED) is 0.728. The Kier molecular flexibility index (Phi) is 4.09. The molecule has 0 bridgehead atoms. The van der Waals surface area contributed by atoms with Gasteiger partial charge in [0.25, 0.3) is 0 Å². The Morgan fingerprint density at radius 2 is 1.70 bits per heavy atom. The molecule has 3 atom stereocenters. The minimum atomic E-state index is -0.211. The lowest BCUT2D eigenvalue weighted by atomic mass is 10.0. The molecule has 0 radical (unpaired) electrons. The Labute approximate surface area is 121 Å². The molecule has 5 nitrogen and oxygen atoms in total. The Balaban J connectivity index is 2.02. The van der Waals surface area contributed by atoms with Gasteiger partial charge in [0.05, 0.1) is 18.1 Å². The van der Waals surface area contributed by atoms with Gasteiger partial charge >= 0.3 is 0 Å². The molecule has 0 N–H and O–H groups in total. The summed E-state index contributed by atoms with van der Waals surface area (Å²) >= 11 is 0. The number of nitrogens with zero attached hydrogens (tertiary/aromatic N) is 2. The first-order valence-electron chi connectivity index (χ1n) is 7.43. The van der Waals surface area contributed by atoms with Gasteiger partial charge in [-0.3, -0.25) is 9.59 Å². The first kappa shape index (κ1) is 15.3. The molecule has 0 aromatic heterocycles. The molecule has 5 heteroatoms. The van der Waals surface area contributed by atoms with Crippen molar-refractivity contribution in [3.8, 4) is 0 Å². The second kappa shape index (κ2) is 5.35. The lowest BCUT2D eigenvalue weighted by Gasteiger charge is -2.37. The molecule has 0 unspecified atom stereocenters. The normalized spacial score (nSPS) is 31.9. The van der Waals surface area contributed by atoms with Crippen LogP contribution in [0, 0.1) is 5.92 Å². The summed E-state index contributed by atoms with van der Waals surface area (Å²) in [6, 6.07) is 0. The van der Waals surface area contributed by atoms with E-state index in [1.54, 1.807) is 0 Å². The molecule has 2 amide bonds. The Bertz CT molecular complexity index is 392. The van der Waals surface area contributed by atoms with Crippen LogP contribution in [-0.4, -0.2) is 59.0 Å². The highest BCUT2D eigenvalue weighted by Gasteiger charge is 2.41. The van der Waals surface area contributed by atoms with Crippen LogP contribution < -0.4 is 0 Å². The summed E-state index contributed by atoms with van der Waals surface area (Å²) in [5, 5.41) is 0. The van der Waals surface area contributed by atoms with Crippen LogP contribution in [0.3, 0.4) is 0 Å². The molecule has 114 valence electrons. The molecule has 20 heavy (non-hydrogen) atoms. The summed E-state index contributed by atoms with van der Waals surface area (Å²) in [4.78, 5) is 28.4. The third-order valence-corrected chi connectivity index (χ3v) is 4.02. The molecule has 2 aliphatic heterocycles. The van der Waals surface area contributed by atoms with E-state index in [1.165, 1.54) is 0 Å². The van der Waals surface area contributed by atoms with E-state index in [-0.39, 0.29) is 35.5 Å². The summed E-state index contributed by atoms with van der Waals surface area (Å²) < 4.78 is 5.65. The first-order valence-corrected chi connectivity index (χ1v) is 7.43. The van der Waals surface area contributed by atoms with Gasteiger partial charge in [-0.25, -0.2) is 0 Å². The zero-order valence-corrected chi connectivity index (χ0v) is 13.2. The van der Waals surface area contributed by atoms with E-state index in [2.05, 4.69) is 0 Å². The number of likely N-dealkylation sites (tertiary alicyclic amines) is 1. The maximum Gasteiger partial charge on any atom is 0.228 e. The van der Waals surface area contributed by atoms with Gasteiger partial charge in [0.1, 0.15) is 0 Å². The van der Waals surface area contributed by atoms with Crippen molar-refractivity contribution in [1.29, 1.82) is 0 Å². The molecule has 0 aliphatic carbocycles. The van der Waals surface area contributed by atoms with Crippen LogP contribution in [0.25, 0.3) is 0 Å².